The van der Waals surface area contributed by atoms with Gasteiger partial charge in [-0.15, -0.1) is 11.3 Å². The Balaban J connectivity index is 1.75. The minimum Gasteiger partial charge on any atom is -0.261 e. The highest BCUT2D eigenvalue weighted by molar-refractivity contribution is 7.15. The summed E-state index contributed by atoms with van der Waals surface area (Å²) >= 11 is 1.75. The second-order valence-electron chi connectivity index (χ2n) is 6.06. The molecule has 2 nitrogen and oxygen atoms in total. The van der Waals surface area contributed by atoms with Crippen LogP contribution in [0, 0.1) is 11.7 Å². The second kappa shape index (κ2) is 4.62. The summed E-state index contributed by atoms with van der Waals surface area (Å²) in [5.74, 6) is 1.81. The van der Waals surface area contributed by atoms with Crippen molar-refractivity contribution in [3.05, 3.63) is 34.8 Å². The summed E-state index contributed by atoms with van der Waals surface area (Å²) in [4.78, 5) is 10.2. The number of thiazole rings is 1. The van der Waals surface area contributed by atoms with Crippen LogP contribution in [-0.4, -0.2) is 9.97 Å². The zero-order valence-corrected chi connectivity index (χ0v) is 12.3. The van der Waals surface area contributed by atoms with E-state index >= 15 is 0 Å². The Morgan fingerprint density at radius 1 is 1.25 bits per heavy atom. The first-order valence-corrected chi connectivity index (χ1v) is 8.15. The molecule has 20 heavy (non-hydrogen) atoms. The van der Waals surface area contributed by atoms with Crippen molar-refractivity contribution in [2.75, 3.05) is 0 Å². The lowest BCUT2D eigenvalue weighted by Crippen LogP contribution is -1.96. The number of aromatic nitrogens is 2. The SMILES string of the molecule is CC(c1sc(-c2cncc(F)c2)nc1C1CC1)C1CC1. The van der Waals surface area contributed by atoms with Gasteiger partial charge in [-0.3, -0.25) is 4.98 Å². The Morgan fingerprint density at radius 2 is 2.05 bits per heavy atom. The van der Waals surface area contributed by atoms with Gasteiger partial charge in [0.2, 0.25) is 0 Å². The summed E-state index contributed by atoms with van der Waals surface area (Å²) in [7, 11) is 0. The molecule has 0 N–H and O–H groups in total. The molecule has 0 aliphatic heterocycles. The third-order valence-electron chi connectivity index (χ3n) is 4.34. The highest BCUT2D eigenvalue weighted by atomic mass is 32.1. The van der Waals surface area contributed by atoms with E-state index in [4.69, 9.17) is 4.98 Å². The molecule has 4 heteroatoms. The molecule has 0 bridgehead atoms. The molecule has 0 spiro atoms. The Kier molecular flexibility index (Phi) is 2.88. The van der Waals surface area contributed by atoms with E-state index in [1.807, 2.05) is 0 Å². The lowest BCUT2D eigenvalue weighted by Gasteiger charge is -2.08. The fraction of sp³-hybridized carbons (Fsp3) is 0.500. The molecule has 2 saturated carbocycles. The molecule has 4 rings (SSSR count). The summed E-state index contributed by atoms with van der Waals surface area (Å²) < 4.78 is 13.3. The van der Waals surface area contributed by atoms with Crippen molar-refractivity contribution in [2.24, 2.45) is 5.92 Å². The number of rotatable bonds is 4. The normalized spacial score (nSPS) is 20.1. The summed E-state index contributed by atoms with van der Waals surface area (Å²) in [5, 5.41) is 0.932. The molecule has 2 aliphatic carbocycles. The molecular weight excluding hydrogens is 271 g/mol. The summed E-state index contributed by atoms with van der Waals surface area (Å²) in [6.07, 6.45) is 8.17. The fourth-order valence-corrected chi connectivity index (χ4v) is 4.06. The average molecular weight is 288 g/mol. The molecule has 2 fully saturated rings. The molecule has 2 heterocycles. The molecule has 0 amide bonds. The van der Waals surface area contributed by atoms with Gasteiger partial charge in [-0.1, -0.05) is 6.92 Å². The van der Waals surface area contributed by atoms with Crippen LogP contribution in [0.1, 0.15) is 55.0 Å². The van der Waals surface area contributed by atoms with Gasteiger partial charge in [0.05, 0.1) is 11.9 Å². The van der Waals surface area contributed by atoms with E-state index in [1.165, 1.54) is 48.5 Å². The maximum atomic E-state index is 13.3. The number of hydrogen-bond donors (Lipinski definition) is 0. The topological polar surface area (TPSA) is 25.8 Å². The first kappa shape index (κ1) is 12.5. The Labute approximate surface area is 122 Å². The zero-order chi connectivity index (χ0) is 13.7. The van der Waals surface area contributed by atoms with Crippen LogP contribution in [0.5, 0.6) is 0 Å². The highest BCUT2D eigenvalue weighted by Crippen LogP contribution is 2.51. The minimum absolute atomic E-state index is 0.289. The Morgan fingerprint density at radius 3 is 2.70 bits per heavy atom. The van der Waals surface area contributed by atoms with Crippen LogP contribution in [0.4, 0.5) is 4.39 Å². The molecule has 104 valence electrons. The molecule has 2 aromatic heterocycles. The van der Waals surface area contributed by atoms with E-state index < -0.39 is 0 Å². The van der Waals surface area contributed by atoms with E-state index in [0.29, 0.717) is 11.8 Å². The minimum atomic E-state index is -0.289. The van der Waals surface area contributed by atoms with Gasteiger partial charge in [-0.05, 0) is 43.6 Å². The van der Waals surface area contributed by atoms with Gasteiger partial charge in [0.1, 0.15) is 10.8 Å². The van der Waals surface area contributed by atoms with Crippen molar-refractivity contribution in [3.63, 3.8) is 0 Å². The molecular formula is C16H17FN2S. The van der Waals surface area contributed by atoms with Crippen LogP contribution in [0.15, 0.2) is 18.5 Å². The van der Waals surface area contributed by atoms with Gasteiger partial charge in [-0.2, -0.15) is 0 Å². The van der Waals surface area contributed by atoms with Crippen LogP contribution < -0.4 is 0 Å². The van der Waals surface area contributed by atoms with Crippen LogP contribution in [-0.2, 0) is 0 Å². The Hall–Kier alpha value is -1.29. The van der Waals surface area contributed by atoms with Crippen LogP contribution in [0.3, 0.4) is 0 Å². The van der Waals surface area contributed by atoms with Crippen LogP contribution >= 0.6 is 11.3 Å². The number of nitrogens with zero attached hydrogens (tertiary/aromatic N) is 2. The molecule has 2 aromatic rings. The lowest BCUT2D eigenvalue weighted by molar-refractivity contribution is 0.622. The van der Waals surface area contributed by atoms with Crippen molar-refractivity contribution in [1.29, 1.82) is 0 Å². The van der Waals surface area contributed by atoms with Gasteiger partial charge in [0.25, 0.3) is 0 Å². The second-order valence-corrected chi connectivity index (χ2v) is 7.09. The molecule has 0 saturated heterocycles. The molecule has 1 unspecified atom stereocenters. The molecule has 2 aliphatic rings. The van der Waals surface area contributed by atoms with Gasteiger partial charge >= 0.3 is 0 Å². The van der Waals surface area contributed by atoms with E-state index in [-0.39, 0.29) is 5.82 Å². The summed E-state index contributed by atoms with van der Waals surface area (Å²) in [6, 6.07) is 1.54. The van der Waals surface area contributed by atoms with E-state index in [0.717, 1.165) is 16.5 Å². The van der Waals surface area contributed by atoms with Gasteiger partial charge in [0, 0.05) is 22.6 Å². The molecule has 0 aromatic carbocycles. The van der Waals surface area contributed by atoms with Crippen molar-refractivity contribution >= 4 is 11.3 Å². The standard InChI is InChI=1S/C16H17FN2S/c1-9(10-2-3-10)15-14(11-4-5-11)19-16(20-15)12-6-13(17)8-18-7-12/h6-11H,2-5H2,1H3. The van der Waals surface area contributed by atoms with Gasteiger partial charge in [-0.25, -0.2) is 9.37 Å². The van der Waals surface area contributed by atoms with Crippen molar-refractivity contribution in [1.82, 2.24) is 9.97 Å². The van der Waals surface area contributed by atoms with E-state index in [9.17, 15) is 4.39 Å². The van der Waals surface area contributed by atoms with Crippen molar-refractivity contribution < 1.29 is 4.39 Å². The largest absolute Gasteiger partial charge is 0.261 e. The molecule has 0 radical (unpaired) electrons. The predicted molar refractivity (Wildman–Crippen MR) is 78.4 cm³/mol. The number of hydrogen-bond acceptors (Lipinski definition) is 3. The average Bonchev–Trinajstić information content (AvgIpc) is 3.35. The predicted octanol–water partition coefficient (Wildman–Crippen LogP) is 4.74. The monoisotopic (exact) mass is 288 g/mol. The fourth-order valence-electron chi connectivity index (χ4n) is 2.78. The Bertz CT molecular complexity index is 644. The summed E-state index contributed by atoms with van der Waals surface area (Å²) in [6.45, 7) is 2.32. The smallest absolute Gasteiger partial charge is 0.142 e. The number of pyridine rings is 1. The van der Waals surface area contributed by atoms with E-state index in [2.05, 4.69) is 11.9 Å². The maximum Gasteiger partial charge on any atom is 0.142 e. The van der Waals surface area contributed by atoms with Gasteiger partial charge in [0.15, 0.2) is 0 Å². The number of halogens is 1. The van der Waals surface area contributed by atoms with Gasteiger partial charge < -0.3 is 0 Å². The first-order valence-electron chi connectivity index (χ1n) is 7.34. The van der Waals surface area contributed by atoms with Crippen molar-refractivity contribution in [3.8, 4) is 10.6 Å². The maximum absolute atomic E-state index is 13.3. The molecule has 1 atom stereocenters. The van der Waals surface area contributed by atoms with Crippen LogP contribution in [0.25, 0.3) is 10.6 Å². The third kappa shape index (κ3) is 2.26. The van der Waals surface area contributed by atoms with Crippen LogP contribution in [0.2, 0.25) is 0 Å². The zero-order valence-electron chi connectivity index (χ0n) is 11.5. The van der Waals surface area contributed by atoms with Crippen molar-refractivity contribution in [2.45, 2.75) is 44.4 Å². The quantitative estimate of drug-likeness (QED) is 0.812. The third-order valence-corrected chi connectivity index (χ3v) is 5.66. The first-order chi connectivity index (χ1) is 9.72. The van der Waals surface area contributed by atoms with E-state index in [1.54, 1.807) is 17.5 Å². The lowest BCUT2D eigenvalue weighted by atomic mass is 10.0. The highest BCUT2D eigenvalue weighted by Gasteiger charge is 2.36. The summed E-state index contributed by atoms with van der Waals surface area (Å²) in [5.41, 5.74) is 2.10.